The second-order valence-corrected chi connectivity index (χ2v) is 10.6. The van der Waals surface area contributed by atoms with Crippen molar-refractivity contribution in [3.05, 3.63) is 52.6 Å². The number of anilines is 2. The smallest absolute Gasteiger partial charge is 0.416 e. The molecule has 34 heavy (non-hydrogen) atoms. The summed E-state index contributed by atoms with van der Waals surface area (Å²) in [7, 11) is 0. The molecule has 2 aromatic heterocycles. The Labute approximate surface area is 208 Å². The average molecular weight is 502 g/mol. The number of amides is 1. The van der Waals surface area contributed by atoms with Gasteiger partial charge in [-0.3, -0.25) is 4.90 Å². The summed E-state index contributed by atoms with van der Waals surface area (Å²) >= 11 is 7.57. The number of nitrogens with one attached hydrogen (secondary N) is 1. The molecule has 0 saturated carbocycles. The molecule has 8 nitrogen and oxygen atoms in total. The molecule has 3 atom stereocenters. The van der Waals surface area contributed by atoms with Crippen molar-refractivity contribution in [3.63, 3.8) is 0 Å². The summed E-state index contributed by atoms with van der Waals surface area (Å²) in [6.45, 7) is 10.1. The molecule has 1 aliphatic rings. The predicted octanol–water partition coefficient (Wildman–Crippen LogP) is 5.96. The first-order chi connectivity index (χ1) is 16.1. The van der Waals surface area contributed by atoms with E-state index in [1.54, 1.807) is 28.5 Å². The van der Waals surface area contributed by atoms with Crippen molar-refractivity contribution >= 4 is 40.8 Å². The highest BCUT2D eigenvalue weighted by Gasteiger charge is 2.40. The van der Waals surface area contributed by atoms with Gasteiger partial charge in [-0.15, -0.1) is 11.3 Å². The van der Waals surface area contributed by atoms with Gasteiger partial charge in [-0.25, -0.2) is 14.8 Å². The van der Waals surface area contributed by atoms with Gasteiger partial charge in [0.05, 0.1) is 17.7 Å². The summed E-state index contributed by atoms with van der Waals surface area (Å²) in [5, 5.41) is 4.91. The first kappa shape index (κ1) is 24.4. The maximum absolute atomic E-state index is 12.5. The van der Waals surface area contributed by atoms with E-state index in [0.29, 0.717) is 16.8 Å². The van der Waals surface area contributed by atoms with E-state index in [9.17, 15) is 4.79 Å². The van der Waals surface area contributed by atoms with Gasteiger partial charge in [-0.2, -0.15) is 4.98 Å². The third-order valence-corrected chi connectivity index (χ3v) is 6.74. The van der Waals surface area contributed by atoms with Crippen LogP contribution in [0, 0.1) is 0 Å². The molecule has 4 rings (SSSR count). The van der Waals surface area contributed by atoms with Crippen molar-refractivity contribution in [2.45, 2.75) is 58.4 Å². The van der Waals surface area contributed by atoms with Crippen molar-refractivity contribution in [2.24, 2.45) is 0 Å². The Balaban J connectivity index is 1.49. The van der Waals surface area contributed by atoms with Gasteiger partial charge >= 0.3 is 6.09 Å². The first-order valence-corrected chi connectivity index (χ1v) is 12.3. The van der Waals surface area contributed by atoms with E-state index in [4.69, 9.17) is 21.1 Å². The summed E-state index contributed by atoms with van der Waals surface area (Å²) in [4.78, 5) is 28.6. The topological polar surface area (TPSA) is 89.5 Å². The molecule has 0 aliphatic carbocycles. The number of hydrogen-bond acceptors (Lipinski definition) is 8. The van der Waals surface area contributed by atoms with Gasteiger partial charge < -0.3 is 14.8 Å². The number of ether oxygens (including phenoxy) is 2. The summed E-state index contributed by atoms with van der Waals surface area (Å²) in [6, 6.07) is 8.93. The molecule has 0 bridgehead atoms. The second kappa shape index (κ2) is 9.85. The summed E-state index contributed by atoms with van der Waals surface area (Å²) in [5.41, 5.74) is 0.667. The number of nitrogens with zero attached hydrogens (tertiary/aromatic N) is 4. The van der Waals surface area contributed by atoms with Gasteiger partial charge in [0, 0.05) is 27.9 Å². The van der Waals surface area contributed by atoms with E-state index < -0.39 is 6.09 Å². The zero-order valence-electron chi connectivity index (χ0n) is 19.8. The van der Waals surface area contributed by atoms with Crippen LogP contribution in [0.3, 0.4) is 0 Å². The van der Waals surface area contributed by atoms with Crippen LogP contribution in [0.25, 0.3) is 10.6 Å². The van der Waals surface area contributed by atoms with E-state index >= 15 is 0 Å². The Morgan fingerprint density at radius 3 is 2.65 bits per heavy atom. The number of aromatic nitrogens is 3. The van der Waals surface area contributed by atoms with E-state index in [1.807, 2.05) is 65.1 Å². The van der Waals surface area contributed by atoms with Crippen LogP contribution in [-0.4, -0.2) is 45.4 Å². The number of halogens is 1. The van der Waals surface area contributed by atoms with Crippen molar-refractivity contribution < 1.29 is 14.3 Å². The lowest BCUT2D eigenvalue weighted by Gasteiger charge is -2.31. The first-order valence-electron chi connectivity index (χ1n) is 11.1. The van der Waals surface area contributed by atoms with Crippen LogP contribution in [0.2, 0.25) is 5.02 Å². The van der Waals surface area contributed by atoms with Gasteiger partial charge in [-0.1, -0.05) is 23.7 Å². The fourth-order valence-corrected chi connectivity index (χ4v) is 4.76. The van der Waals surface area contributed by atoms with Crippen LogP contribution in [-0.2, 0) is 9.47 Å². The number of benzene rings is 1. The van der Waals surface area contributed by atoms with Crippen molar-refractivity contribution in [1.29, 1.82) is 0 Å². The number of carbonyl (C=O) groups excluding carboxylic acids is 1. The van der Waals surface area contributed by atoms with Crippen LogP contribution in [0.1, 0.15) is 45.5 Å². The molecule has 1 unspecified atom stereocenters. The molecular formula is C24H28ClN5O3S. The third-order valence-electron chi connectivity index (χ3n) is 5.26. The Morgan fingerprint density at radius 1 is 1.21 bits per heavy atom. The lowest BCUT2D eigenvalue weighted by molar-refractivity contribution is -0.0618. The minimum atomic E-state index is -0.442. The number of cyclic esters (lactones) is 1. The molecule has 0 spiro atoms. The van der Waals surface area contributed by atoms with Crippen LogP contribution in [0.15, 0.2) is 42.7 Å². The molecule has 1 aliphatic heterocycles. The van der Waals surface area contributed by atoms with Crippen LogP contribution in [0.5, 0.6) is 0 Å². The number of thiazole rings is 1. The highest BCUT2D eigenvalue weighted by atomic mass is 35.5. The van der Waals surface area contributed by atoms with Crippen LogP contribution >= 0.6 is 22.9 Å². The molecule has 0 radical (unpaired) electrons. The van der Waals surface area contributed by atoms with Gasteiger partial charge in [0.25, 0.3) is 0 Å². The normalized spacial score (nSPS) is 18.0. The molecule has 1 amide bonds. The Bertz CT molecular complexity index is 1150. The van der Waals surface area contributed by atoms with Crippen LogP contribution in [0.4, 0.5) is 16.6 Å². The van der Waals surface area contributed by atoms with Gasteiger partial charge in [0.1, 0.15) is 23.5 Å². The van der Waals surface area contributed by atoms with Gasteiger partial charge in [0.2, 0.25) is 5.95 Å². The number of hydrogen-bond donors (Lipinski definition) is 1. The van der Waals surface area contributed by atoms with Crippen molar-refractivity contribution in [3.8, 4) is 10.6 Å². The quantitative estimate of drug-likeness (QED) is 0.427. The minimum absolute atomic E-state index is 0.0849. The van der Waals surface area contributed by atoms with Gasteiger partial charge in [0.15, 0.2) is 0 Å². The molecular weight excluding hydrogens is 474 g/mol. The largest absolute Gasteiger partial charge is 0.447 e. The Morgan fingerprint density at radius 2 is 1.94 bits per heavy atom. The maximum Gasteiger partial charge on any atom is 0.416 e. The molecule has 180 valence electrons. The molecule has 3 aromatic rings. The molecule has 1 N–H and O–H groups in total. The standard InChI is InChI=1S/C24H28ClN5O3S/c1-14(19-12-27-21(34-19)16-6-8-17(25)9-7-16)28-22-26-11-10-20(29-22)30-18(13-32-23(30)31)15(2)33-24(3,4)5/h6-12,14-15,18H,13H2,1-5H3,(H,26,28,29)/t14-,15-,18?/m0/s1. The van der Waals surface area contributed by atoms with E-state index in [-0.39, 0.29) is 30.4 Å². The third kappa shape index (κ3) is 5.65. The zero-order valence-corrected chi connectivity index (χ0v) is 21.4. The summed E-state index contributed by atoms with van der Waals surface area (Å²) in [6.07, 6.45) is 2.79. The van der Waals surface area contributed by atoms with E-state index in [2.05, 4.69) is 20.3 Å². The lowest BCUT2D eigenvalue weighted by Crippen LogP contribution is -2.45. The predicted molar refractivity (Wildman–Crippen MR) is 135 cm³/mol. The zero-order chi connectivity index (χ0) is 24.5. The Kier molecular flexibility index (Phi) is 7.06. The molecule has 1 fully saturated rings. The fourth-order valence-electron chi connectivity index (χ4n) is 3.71. The number of rotatable bonds is 7. The SMILES string of the molecule is C[C@H](Nc1nccc(N2C(=O)OCC2[C@H](C)OC(C)(C)C)n1)c1cnc(-c2ccc(Cl)cc2)s1. The number of carbonyl (C=O) groups is 1. The summed E-state index contributed by atoms with van der Waals surface area (Å²) in [5.74, 6) is 0.877. The molecule has 1 aromatic carbocycles. The molecule has 1 saturated heterocycles. The Hall–Kier alpha value is -2.75. The highest BCUT2D eigenvalue weighted by Crippen LogP contribution is 2.31. The lowest BCUT2D eigenvalue weighted by atomic mass is 10.1. The van der Waals surface area contributed by atoms with Crippen molar-refractivity contribution in [2.75, 3.05) is 16.8 Å². The summed E-state index contributed by atoms with van der Waals surface area (Å²) < 4.78 is 11.4. The van der Waals surface area contributed by atoms with E-state index in [1.165, 1.54) is 0 Å². The average Bonchev–Trinajstić information content (AvgIpc) is 3.40. The second-order valence-electron chi connectivity index (χ2n) is 9.13. The van der Waals surface area contributed by atoms with Crippen LogP contribution < -0.4 is 10.2 Å². The maximum atomic E-state index is 12.5. The minimum Gasteiger partial charge on any atom is -0.447 e. The highest BCUT2D eigenvalue weighted by molar-refractivity contribution is 7.15. The molecule has 10 heteroatoms. The van der Waals surface area contributed by atoms with E-state index in [0.717, 1.165) is 15.4 Å². The van der Waals surface area contributed by atoms with Gasteiger partial charge in [-0.05, 0) is 52.8 Å². The van der Waals surface area contributed by atoms with Crippen molar-refractivity contribution in [1.82, 2.24) is 15.0 Å². The molecule has 3 heterocycles. The monoisotopic (exact) mass is 501 g/mol. The fraction of sp³-hybridized carbons (Fsp3) is 0.417.